The molecule has 0 spiro atoms. The number of imide groups is 2. The molecule has 178 valence electrons. The Kier molecular flexibility index (Phi) is 7.60. The molecule has 11 nitrogen and oxygen atoms in total. The van der Waals surface area contributed by atoms with E-state index in [0.29, 0.717) is 19.1 Å². The van der Waals surface area contributed by atoms with E-state index in [-0.39, 0.29) is 24.0 Å². The number of anilines is 1. The summed E-state index contributed by atoms with van der Waals surface area (Å²) in [6.45, 7) is 3.37. The standard InChI is InChI=1S/C21H28N6O5S/c1-26(14-11-22-12-14)33-32-24-9-3-2-8-23-13-4-5-15-16(10-13)21(31)27(20(15)30)17-6-7-18(28)25-19(17)29/h4-5,10,14,17,22-24H,2-3,6-9,11-12H2,1H3,(H,25,28,29). The summed E-state index contributed by atoms with van der Waals surface area (Å²) >= 11 is 1.30. The van der Waals surface area contributed by atoms with Crippen LogP contribution in [0.4, 0.5) is 5.69 Å². The summed E-state index contributed by atoms with van der Waals surface area (Å²) < 4.78 is 7.46. The average molecular weight is 477 g/mol. The fourth-order valence-electron chi connectivity index (χ4n) is 3.85. The molecule has 12 heteroatoms. The van der Waals surface area contributed by atoms with E-state index < -0.39 is 29.7 Å². The van der Waals surface area contributed by atoms with Crippen LogP contribution in [-0.2, 0) is 13.9 Å². The van der Waals surface area contributed by atoms with Crippen molar-refractivity contribution in [1.29, 1.82) is 0 Å². The number of hydrogen-bond donors (Lipinski definition) is 4. The summed E-state index contributed by atoms with van der Waals surface area (Å²) in [7, 11) is 2.00. The molecular formula is C21H28N6O5S. The van der Waals surface area contributed by atoms with Crippen molar-refractivity contribution in [3.05, 3.63) is 29.3 Å². The Morgan fingerprint density at radius 2 is 1.88 bits per heavy atom. The van der Waals surface area contributed by atoms with E-state index in [9.17, 15) is 19.2 Å². The lowest BCUT2D eigenvalue weighted by atomic mass is 10.0. The monoisotopic (exact) mass is 476 g/mol. The molecule has 1 atom stereocenters. The average Bonchev–Trinajstić information content (AvgIpc) is 2.99. The number of rotatable bonds is 11. The van der Waals surface area contributed by atoms with Gasteiger partial charge in [-0.25, -0.2) is 8.59 Å². The summed E-state index contributed by atoms with van der Waals surface area (Å²) in [6.07, 6.45) is 2.03. The van der Waals surface area contributed by atoms with E-state index in [1.807, 2.05) is 7.05 Å². The van der Waals surface area contributed by atoms with Crippen molar-refractivity contribution in [3.63, 3.8) is 0 Å². The number of hydroxylamine groups is 1. The first-order valence-corrected chi connectivity index (χ1v) is 11.7. The van der Waals surface area contributed by atoms with E-state index in [1.165, 1.54) is 12.2 Å². The van der Waals surface area contributed by atoms with Crippen LogP contribution in [0, 0.1) is 0 Å². The van der Waals surface area contributed by atoms with E-state index in [4.69, 9.17) is 4.28 Å². The highest BCUT2D eigenvalue weighted by Gasteiger charge is 2.44. The van der Waals surface area contributed by atoms with Crippen LogP contribution in [0.1, 0.15) is 46.4 Å². The molecule has 1 aromatic carbocycles. The van der Waals surface area contributed by atoms with Gasteiger partial charge in [-0.05, 0) is 37.5 Å². The number of unbranched alkanes of at least 4 members (excludes halogenated alkanes) is 1. The quantitative estimate of drug-likeness (QED) is 0.116. The number of nitrogens with one attached hydrogen (secondary N) is 4. The zero-order valence-electron chi connectivity index (χ0n) is 18.4. The molecule has 0 aromatic heterocycles. The number of carbonyl (C=O) groups is 4. The Balaban J connectivity index is 1.20. The molecule has 3 heterocycles. The first-order chi connectivity index (χ1) is 16.0. The van der Waals surface area contributed by atoms with E-state index in [2.05, 4.69) is 25.7 Å². The van der Waals surface area contributed by atoms with Gasteiger partial charge in [-0.1, -0.05) is 0 Å². The van der Waals surface area contributed by atoms with Crippen molar-refractivity contribution in [3.8, 4) is 0 Å². The van der Waals surface area contributed by atoms with E-state index in [1.54, 1.807) is 18.2 Å². The fourth-order valence-corrected chi connectivity index (χ4v) is 4.38. The molecular weight excluding hydrogens is 448 g/mol. The van der Waals surface area contributed by atoms with Crippen LogP contribution in [0.3, 0.4) is 0 Å². The first kappa shape index (κ1) is 23.6. The molecule has 1 aromatic rings. The molecule has 4 amide bonds. The predicted molar refractivity (Wildman–Crippen MR) is 122 cm³/mol. The second-order valence-electron chi connectivity index (χ2n) is 8.25. The number of benzene rings is 1. The molecule has 0 radical (unpaired) electrons. The SMILES string of the molecule is CN(SONCCCCNc1ccc2c(c1)C(=O)N(C1CCC(=O)NC1=O)C2=O)C1CNC1. The minimum absolute atomic E-state index is 0.101. The van der Waals surface area contributed by atoms with Gasteiger partial charge in [0.15, 0.2) is 0 Å². The highest BCUT2D eigenvalue weighted by molar-refractivity contribution is 7.92. The fraction of sp³-hybridized carbons (Fsp3) is 0.524. The van der Waals surface area contributed by atoms with Gasteiger partial charge in [0.1, 0.15) is 18.3 Å². The third kappa shape index (κ3) is 5.36. The number of nitrogens with zero attached hydrogens (tertiary/aromatic N) is 2. The maximum atomic E-state index is 12.9. The van der Waals surface area contributed by atoms with Crippen molar-refractivity contribution in [2.24, 2.45) is 0 Å². The van der Waals surface area contributed by atoms with Crippen LogP contribution in [0.25, 0.3) is 0 Å². The molecule has 0 aliphatic carbocycles. The van der Waals surface area contributed by atoms with Gasteiger partial charge in [-0.2, -0.15) is 5.48 Å². The maximum Gasteiger partial charge on any atom is 0.262 e. The summed E-state index contributed by atoms with van der Waals surface area (Å²) in [4.78, 5) is 50.1. The molecule has 1 unspecified atom stereocenters. The van der Waals surface area contributed by atoms with Gasteiger partial charge >= 0.3 is 0 Å². The number of fused-ring (bicyclic) bond motifs is 1. The van der Waals surface area contributed by atoms with E-state index in [0.717, 1.165) is 36.5 Å². The van der Waals surface area contributed by atoms with Gasteiger partial charge in [0.2, 0.25) is 11.8 Å². The van der Waals surface area contributed by atoms with Crippen molar-refractivity contribution in [1.82, 2.24) is 25.3 Å². The van der Waals surface area contributed by atoms with Gasteiger partial charge in [0.05, 0.1) is 11.1 Å². The molecule has 4 N–H and O–H groups in total. The van der Waals surface area contributed by atoms with Crippen molar-refractivity contribution >= 4 is 41.5 Å². The molecule has 0 saturated carbocycles. The lowest BCUT2D eigenvalue weighted by molar-refractivity contribution is -0.136. The van der Waals surface area contributed by atoms with Gasteiger partial charge in [-0.3, -0.25) is 29.4 Å². The Hall–Kier alpha value is -2.51. The van der Waals surface area contributed by atoms with Crippen molar-refractivity contribution < 1.29 is 23.5 Å². The van der Waals surface area contributed by atoms with Crippen molar-refractivity contribution in [2.75, 3.05) is 38.5 Å². The second kappa shape index (κ2) is 10.6. The second-order valence-corrected chi connectivity index (χ2v) is 9.14. The van der Waals surface area contributed by atoms with Crippen LogP contribution in [0.5, 0.6) is 0 Å². The van der Waals surface area contributed by atoms with Gasteiger partial charge in [-0.15, -0.1) is 0 Å². The van der Waals surface area contributed by atoms with E-state index >= 15 is 0 Å². The number of carbonyl (C=O) groups excluding carboxylic acids is 4. The van der Waals surface area contributed by atoms with Gasteiger partial charge in [0.25, 0.3) is 11.8 Å². The van der Waals surface area contributed by atoms with Crippen LogP contribution in [0.15, 0.2) is 18.2 Å². The maximum absolute atomic E-state index is 12.9. The Labute approximate surface area is 196 Å². The summed E-state index contributed by atoms with van der Waals surface area (Å²) in [5.74, 6) is -2.01. The summed E-state index contributed by atoms with van der Waals surface area (Å²) in [5, 5.41) is 8.68. The smallest absolute Gasteiger partial charge is 0.262 e. The number of piperidine rings is 1. The Bertz CT molecular complexity index is 940. The largest absolute Gasteiger partial charge is 0.385 e. The molecule has 4 rings (SSSR count). The minimum Gasteiger partial charge on any atom is -0.385 e. The highest BCUT2D eigenvalue weighted by atomic mass is 32.2. The lowest BCUT2D eigenvalue weighted by Crippen LogP contribution is -2.54. The molecule has 3 aliphatic heterocycles. The van der Waals surface area contributed by atoms with Gasteiger partial charge in [0, 0.05) is 51.4 Å². The third-order valence-corrected chi connectivity index (χ3v) is 6.69. The molecule has 33 heavy (non-hydrogen) atoms. The predicted octanol–water partition coefficient (Wildman–Crippen LogP) is 0.268. The highest BCUT2D eigenvalue weighted by Crippen LogP contribution is 2.29. The normalized spacial score (nSPS) is 20.8. The number of likely N-dealkylation sites (N-methyl/N-ethyl adjacent to an activating group) is 1. The number of hydrogen-bond acceptors (Lipinski definition) is 10. The lowest BCUT2D eigenvalue weighted by Gasteiger charge is -2.33. The first-order valence-electron chi connectivity index (χ1n) is 11.0. The zero-order chi connectivity index (χ0) is 23.4. The van der Waals surface area contributed by atoms with Crippen LogP contribution in [0.2, 0.25) is 0 Å². The van der Waals surface area contributed by atoms with Gasteiger partial charge < -0.3 is 10.6 Å². The Morgan fingerprint density at radius 1 is 1.12 bits per heavy atom. The van der Waals surface area contributed by atoms with Crippen molar-refractivity contribution in [2.45, 2.75) is 37.8 Å². The minimum atomic E-state index is -0.954. The molecule has 2 saturated heterocycles. The molecule has 0 bridgehead atoms. The summed E-state index contributed by atoms with van der Waals surface area (Å²) in [5.41, 5.74) is 4.21. The third-order valence-electron chi connectivity index (χ3n) is 5.96. The summed E-state index contributed by atoms with van der Waals surface area (Å²) in [6, 6.07) is 4.55. The molecule has 2 fully saturated rings. The van der Waals surface area contributed by atoms with Crippen LogP contribution < -0.4 is 21.4 Å². The zero-order valence-corrected chi connectivity index (χ0v) is 19.2. The van der Waals surface area contributed by atoms with Crippen LogP contribution in [-0.4, -0.2) is 78.1 Å². The topological polar surface area (TPSA) is 132 Å². The number of amides is 4. The molecule has 3 aliphatic rings. The van der Waals surface area contributed by atoms with Crippen LogP contribution >= 0.6 is 12.2 Å². The Morgan fingerprint density at radius 3 is 2.61 bits per heavy atom.